The van der Waals surface area contributed by atoms with Crippen molar-refractivity contribution < 1.29 is 19.4 Å². The Kier molecular flexibility index (Phi) is 9.06. The molecule has 1 amide bonds. The fourth-order valence-electron chi connectivity index (χ4n) is 3.11. The maximum Gasteiger partial charge on any atom is 0.304 e. The second-order valence-corrected chi connectivity index (χ2v) is 6.56. The molecule has 0 aliphatic carbocycles. The molecule has 0 aromatic heterocycles. The molecule has 2 unspecified atom stereocenters. The van der Waals surface area contributed by atoms with Crippen molar-refractivity contribution in [2.24, 2.45) is 11.7 Å². The van der Waals surface area contributed by atoms with Crippen LogP contribution >= 0.6 is 27.0 Å². The number of carboxylic acid groups (broad SMARTS) is 1. The molecule has 156 valence electrons. The zero-order valence-corrected chi connectivity index (χ0v) is 17.6. The first kappa shape index (κ1) is 24.4. The molecule has 9 heteroatoms. The van der Waals surface area contributed by atoms with Crippen molar-refractivity contribution in [2.45, 2.75) is 18.9 Å². The highest BCUT2D eigenvalue weighted by Crippen LogP contribution is 2.24. The third-order valence-corrected chi connectivity index (χ3v) is 4.54. The van der Waals surface area contributed by atoms with Crippen molar-refractivity contribution in [3.8, 4) is 16.9 Å². The van der Waals surface area contributed by atoms with Crippen LogP contribution in [0.5, 0.6) is 5.75 Å². The number of hydrogen-bond acceptors (Lipinski definition) is 4. The summed E-state index contributed by atoms with van der Waals surface area (Å²) in [6, 6.07) is 14.8. The minimum atomic E-state index is -0.969. The Morgan fingerprint density at radius 2 is 1.66 bits per heavy atom. The van der Waals surface area contributed by atoms with Gasteiger partial charge in [-0.15, -0.1) is 0 Å². The maximum atomic E-state index is 11.7. The van der Waals surface area contributed by atoms with E-state index in [4.69, 9.17) is 21.0 Å². The highest BCUT2D eigenvalue weighted by molar-refractivity contribution is 7.59. The first-order valence-electron chi connectivity index (χ1n) is 8.62. The van der Waals surface area contributed by atoms with E-state index in [1.54, 1.807) is 12.1 Å². The predicted octanol–water partition coefficient (Wildman–Crippen LogP) is 2.22. The average molecular weight is 436 g/mol. The fraction of sp³-hybridized carbons (Fsp3) is 0.250. The molecule has 7 nitrogen and oxygen atoms in total. The zero-order chi connectivity index (χ0) is 19.4. The van der Waals surface area contributed by atoms with Crippen LogP contribution in [0.25, 0.3) is 11.1 Å². The molecule has 1 fully saturated rings. The van der Waals surface area contributed by atoms with Gasteiger partial charge < -0.3 is 20.9 Å². The summed E-state index contributed by atoms with van der Waals surface area (Å²) in [5.74, 6) is -0.972. The van der Waals surface area contributed by atoms with Crippen molar-refractivity contribution in [2.75, 3.05) is 6.61 Å². The molecule has 3 rings (SSSR count). The number of nitrogens with one attached hydrogen (secondary N) is 2. The van der Waals surface area contributed by atoms with Crippen molar-refractivity contribution in [3.05, 3.63) is 54.1 Å². The molecule has 1 aliphatic rings. The second kappa shape index (κ2) is 10.8. The van der Waals surface area contributed by atoms with Gasteiger partial charge in [-0.3, -0.25) is 15.0 Å². The lowest BCUT2D eigenvalue weighted by Gasteiger charge is -2.12. The van der Waals surface area contributed by atoms with Crippen LogP contribution in [0.4, 0.5) is 0 Å². The molecule has 1 aliphatic heterocycles. The van der Waals surface area contributed by atoms with Crippen LogP contribution in [-0.2, 0) is 9.59 Å². The smallest absolute Gasteiger partial charge is 0.304 e. The highest BCUT2D eigenvalue weighted by atomic mass is 32.1. The average Bonchev–Trinajstić information content (AvgIpc) is 2.99. The van der Waals surface area contributed by atoms with E-state index in [2.05, 4.69) is 5.32 Å². The molecule has 0 radical (unpaired) electrons. The third-order valence-electron chi connectivity index (χ3n) is 4.54. The number of benzene rings is 2. The van der Waals surface area contributed by atoms with Gasteiger partial charge in [-0.1, -0.05) is 36.4 Å². The van der Waals surface area contributed by atoms with Crippen LogP contribution in [-0.4, -0.2) is 35.5 Å². The number of ether oxygens (including phenoxy) is 1. The van der Waals surface area contributed by atoms with Gasteiger partial charge in [0.2, 0.25) is 5.91 Å². The summed E-state index contributed by atoms with van der Waals surface area (Å²) in [5, 5.41) is 19.0. The van der Waals surface area contributed by atoms with Gasteiger partial charge in [0.05, 0.1) is 18.4 Å². The van der Waals surface area contributed by atoms with Crippen LogP contribution in [0.1, 0.15) is 18.4 Å². The lowest BCUT2D eigenvalue weighted by Crippen LogP contribution is -2.31. The Labute approximate surface area is 183 Å². The van der Waals surface area contributed by atoms with Crippen molar-refractivity contribution in [1.29, 1.82) is 5.41 Å². The summed E-state index contributed by atoms with van der Waals surface area (Å²) >= 11 is 0. The normalized spacial score (nSPS) is 17.4. The number of nitrogens with two attached hydrogens (primary N) is 1. The molecule has 0 saturated carbocycles. The largest absolute Gasteiger partial charge is 0.491 e. The Balaban J connectivity index is 0.00000210. The highest BCUT2D eigenvalue weighted by Gasteiger charge is 2.33. The standard InChI is InChI=1S/C20H21N3O4.2H2S/c21-19(22)14-3-1-12(2-4-14)13-5-7-17(8-6-13)27-11-16-9-15(10-18(24)25)20(26)23-16;;/h1-8,15-16H,9-11H2,(H3,21,22)(H,23,26)(H,24,25);2*1H2. The van der Waals surface area contributed by atoms with Gasteiger partial charge in [-0.2, -0.15) is 27.0 Å². The van der Waals surface area contributed by atoms with Gasteiger partial charge in [0, 0.05) is 5.56 Å². The van der Waals surface area contributed by atoms with Gasteiger partial charge in [0.25, 0.3) is 0 Å². The van der Waals surface area contributed by atoms with E-state index in [-0.39, 0.29) is 51.2 Å². The zero-order valence-electron chi connectivity index (χ0n) is 15.6. The Hall–Kier alpha value is -2.65. The first-order valence-corrected chi connectivity index (χ1v) is 8.62. The topological polar surface area (TPSA) is 126 Å². The van der Waals surface area contributed by atoms with Crippen molar-refractivity contribution in [3.63, 3.8) is 0 Å². The van der Waals surface area contributed by atoms with E-state index in [1.807, 2.05) is 36.4 Å². The number of nitrogen functional groups attached to an aromatic ring is 1. The monoisotopic (exact) mass is 435 g/mol. The van der Waals surface area contributed by atoms with Crippen LogP contribution < -0.4 is 15.8 Å². The van der Waals surface area contributed by atoms with Gasteiger partial charge in [0.1, 0.15) is 18.2 Å². The number of carbonyl (C=O) groups excluding carboxylic acids is 1. The quantitative estimate of drug-likeness (QED) is 0.392. The van der Waals surface area contributed by atoms with E-state index in [9.17, 15) is 9.59 Å². The molecule has 0 bridgehead atoms. The van der Waals surface area contributed by atoms with E-state index >= 15 is 0 Å². The van der Waals surface area contributed by atoms with Crippen molar-refractivity contribution in [1.82, 2.24) is 5.32 Å². The fourth-order valence-corrected chi connectivity index (χ4v) is 3.11. The van der Waals surface area contributed by atoms with E-state index in [0.29, 0.717) is 24.3 Å². The summed E-state index contributed by atoms with van der Waals surface area (Å²) < 4.78 is 5.73. The van der Waals surface area contributed by atoms with Gasteiger partial charge in [-0.05, 0) is 29.7 Å². The summed E-state index contributed by atoms with van der Waals surface area (Å²) in [6.07, 6.45) is 0.311. The summed E-state index contributed by atoms with van der Waals surface area (Å²) in [5.41, 5.74) is 8.15. The summed E-state index contributed by atoms with van der Waals surface area (Å²) in [6.45, 7) is 0.300. The number of hydrogen-bond donors (Lipinski definition) is 4. The molecule has 2 atom stereocenters. The summed E-state index contributed by atoms with van der Waals surface area (Å²) in [7, 11) is 0. The molecule has 1 heterocycles. The number of carboxylic acids is 1. The van der Waals surface area contributed by atoms with Crippen LogP contribution in [0.2, 0.25) is 0 Å². The molecule has 2 aromatic carbocycles. The molecular weight excluding hydrogens is 410 g/mol. The van der Waals surface area contributed by atoms with Crippen LogP contribution in [0.15, 0.2) is 48.5 Å². The molecule has 5 N–H and O–H groups in total. The number of aliphatic carboxylic acids is 1. The van der Waals surface area contributed by atoms with Gasteiger partial charge in [-0.25, -0.2) is 0 Å². The number of carbonyl (C=O) groups is 2. The predicted molar refractivity (Wildman–Crippen MR) is 121 cm³/mol. The Morgan fingerprint density at radius 1 is 1.10 bits per heavy atom. The Morgan fingerprint density at radius 3 is 2.17 bits per heavy atom. The Bertz CT molecular complexity index is 857. The second-order valence-electron chi connectivity index (χ2n) is 6.56. The molecule has 1 saturated heterocycles. The molecule has 2 aromatic rings. The van der Waals surface area contributed by atoms with E-state index in [1.165, 1.54) is 0 Å². The molecular formula is C20H25N3O4S2. The van der Waals surface area contributed by atoms with E-state index < -0.39 is 11.9 Å². The molecule has 29 heavy (non-hydrogen) atoms. The minimum absolute atomic E-state index is 0. The number of amidine groups is 1. The van der Waals surface area contributed by atoms with Crippen LogP contribution in [0.3, 0.4) is 0 Å². The maximum absolute atomic E-state index is 11.7. The molecule has 0 spiro atoms. The van der Waals surface area contributed by atoms with Gasteiger partial charge >= 0.3 is 5.97 Å². The lowest BCUT2D eigenvalue weighted by atomic mass is 10.0. The number of amides is 1. The lowest BCUT2D eigenvalue weighted by molar-refractivity contribution is -0.140. The first-order chi connectivity index (χ1) is 12.9. The van der Waals surface area contributed by atoms with E-state index in [0.717, 1.165) is 11.1 Å². The minimum Gasteiger partial charge on any atom is -0.491 e. The van der Waals surface area contributed by atoms with Gasteiger partial charge in [0.15, 0.2) is 0 Å². The third kappa shape index (κ3) is 6.43. The van der Waals surface area contributed by atoms with Crippen LogP contribution in [0, 0.1) is 11.3 Å². The SMILES string of the molecule is N=C(N)c1ccc(-c2ccc(OCC3CC(CC(=O)O)C(=O)N3)cc2)cc1.S.S. The summed E-state index contributed by atoms with van der Waals surface area (Å²) in [4.78, 5) is 22.5. The number of rotatable bonds is 7. The van der Waals surface area contributed by atoms with Crippen molar-refractivity contribution >= 4 is 44.7 Å².